The van der Waals surface area contributed by atoms with Crippen LogP contribution < -0.4 is 0 Å². The van der Waals surface area contributed by atoms with Gasteiger partial charge in [-0.05, 0) is 42.7 Å². The molecule has 0 bridgehead atoms. The Balaban J connectivity index is 1.89. The van der Waals surface area contributed by atoms with Gasteiger partial charge in [0.2, 0.25) is 5.82 Å². The van der Waals surface area contributed by atoms with Crippen LogP contribution in [0.5, 0.6) is 0 Å². The van der Waals surface area contributed by atoms with Crippen molar-refractivity contribution >= 4 is 0 Å². The van der Waals surface area contributed by atoms with Crippen molar-refractivity contribution in [3.63, 3.8) is 0 Å². The van der Waals surface area contributed by atoms with E-state index in [0.717, 1.165) is 5.56 Å². The molecule has 0 fully saturated rings. The number of aryl methyl sites for hydroxylation is 3. The molecule has 0 aliphatic heterocycles. The van der Waals surface area contributed by atoms with E-state index < -0.39 is 0 Å². The summed E-state index contributed by atoms with van der Waals surface area (Å²) < 4.78 is 0. The Morgan fingerprint density at radius 2 is 1.62 bits per heavy atom. The quantitative estimate of drug-likeness (QED) is 0.738. The van der Waals surface area contributed by atoms with Crippen LogP contribution >= 0.6 is 0 Å². The van der Waals surface area contributed by atoms with E-state index in [1.807, 2.05) is 30.3 Å². The predicted molar refractivity (Wildman–Crippen MR) is 83.0 cm³/mol. The van der Waals surface area contributed by atoms with Crippen LogP contribution in [-0.2, 0) is 6.54 Å². The summed E-state index contributed by atoms with van der Waals surface area (Å²) in [5, 5.41) is 12.8. The molecule has 4 nitrogen and oxygen atoms in total. The predicted octanol–water partition coefficient (Wildman–Crippen LogP) is 3.31. The SMILES string of the molecule is Cc1cc(C)c(Cn2nnc(-c3ccccc3)n2)c(C)c1. The van der Waals surface area contributed by atoms with Crippen LogP contribution in [0.25, 0.3) is 11.4 Å². The molecule has 0 aliphatic carbocycles. The Labute approximate surface area is 124 Å². The second-order valence-electron chi connectivity index (χ2n) is 5.39. The van der Waals surface area contributed by atoms with Gasteiger partial charge in [0.25, 0.3) is 0 Å². The lowest BCUT2D eigenvalue weighted by Gasteiger charge is -2.10. The number of hydrogen-bond acceptors (Lipinski definition) is 3. The third-order valence-electron chi connectivity index (χ3n) is 3.62. The lowest BCUT2D eigenvalue weighted by Crippen LogP contribution is -2.07. The molecule has 1 aromatic heterocycles. The Morgan fingerprint density at radius 1 is 0.952 bits per heavy atom. The van der Waals surface area contributed by atoms with Crippen molar-refractivity contribution in [1.82, 2.24) is 20.2 Å². The van der Waals surface area contributed by atoms with Gasteiger partial charge in [-0.1, -0.05) is 48.0 Å². The fraction of sp³-hybridized carbons (Fsp3) is 0.235. The van der Waals surface area contributed by atoms with Crippen LogP contribution in [0.1, 0.15) is 22.3 Å². The second kappa shape index (κ2) is 5.48. The molecule has 0 amide bonds. The molecule has 0 radical (unpaired) electrons. The minimum Gasteiger partial charge on any atom is -0.159 e. The maximum atomic E-state index is 4.47. The van der Waals surface area contributed by atoms with E-state index in [-0.39, 0.29) is 0 Å². The van der Waals surface area contributed by atoms with Crippen molar-refractivity contribution in [2.45, 2.75) is 27.3 Å². The van der Waals surface area contributed by atoms with Crippen LogP contribution in [0.2, 0.25) is 0 Å². The zero-order valence-electron chi connectivity index (χ0n) is 12.5. The van der Waals surface area contributed by atoms with Gasteiger partial charge in [0, 0.05) is 5.56 Å². The molecule has 0 aliphatic rings. The number of hydrogen-bond donors (Lipinski definition) is 0. The largest absolute Gasteiger partial charge is 0.204 e. The molecule has 0 spiro atoms. The number of aromatic nitrogens is 4. The Bertz CT molecular complexity index is 736. The minimum absolute atomic E-state index is 0.651. The van der Waals surface area contributed by atoms with Crippen LogP contribution in [0.3, 0.4) is 0 Å². The monoisotopic (exact) mass is 278 g/mol. The first-order valence-electron chi connectivity index (χ1n) is 7.03. The van der Waals surface area contributed by atoms with E-state index in [1.54, 1.807) is 4.80 Å². The first-order chi connectivity index (χ1) is 10.1. The lowest BCUT2D eigenvalue weighted by molar-refractivity contribution is 0.569. The second-order valence-corrected chi connectivity index (χ2v) is 5.39. The lowest BCUT2D eigenvalue weighted by atomic mass is 10.00. The molecular weight excluding hydrogens is 260 g/mol. The minimum atomic E-state index is 0.651. The molecule has 1 heterocycles. The highest BCUT2D eigenvalue weighted by molar-refractivity contribution is 5.53. The van der Waals surface area contributed by atoms with Crippen molar-refractivity contribution in [3.05, 3.63) is 64.7 Å². The zero-order chi connectivity index (χ0) is 14.8. The summed E-state index contributed by atoms with van der Waals surface area (Å²) in [6.45, 7) is 7.03. The highest BCUT2D eigenvalue weighted by Gasteiger charge is 2.09. The maximum Gasteiger partial charge on any atom is 0.204 e. The van der Waals surface area contributed by atoms with Crippen LogP contribution in [-0.4, -0.2) is 20.2 Å². The molecule has 106 valence electrons. The highest BCUT2D eigenvalue weighted by Crippen LogP contribution is 2.18. The standard InChI is InChI=1S/C17H18N4/c1-12-9-13(2)16(14(3)10-12)11-21-19-17(18-20-21)15-7-5-4-6-8-15/h4-10H,11H2,1-3H3. The maximum absolute atomic E-state index is 4.47. The van der Waals surface area contributed by atoms with Crippen molar-refractivity contribution in [1.29, 1.82) is 0 Å². The molecule has 0 saturated carbocycles. The molecule has 0 saturated heterocycles. The highest BCUT2D eigenvalue weighted by atomic mass is 15.6. The molecule has 3 aromatic rings. The van der Waals surface area contributed by atoms with Gasteiger partial charge in [-0.25, -0.2) is 0 Å². The van der Waals surface area contributed by atoms with Gasteiger partial charge >= 0.3 is 0 Å². The van der Waals surface area contributed by atoms with E-state index in [4.69, 9.17) is 0 Å². The average molecular weight is 278 g/mol. The summed E-state index contributed by atoms with van der Waals surface area (Å²) in [6.07, 6.45) is 0. The van der Waals surface area contributed by atoms with Gasteiger partial charge in [0.1, 0.15) is 0 Å². The molecule has 0 N–H and O–H groups in total. The Hall–Kier alpha value is -2.49. The van der Waals surface area contributed by atoms with E-state index in [9.17, 15) is 0 Å². The van der Waals surface area contributed by atoms with Crippen LogP contribution in [0.15, 0.2) is 42.5 Å². The van der Waals surface area contributed by atoms with Gasteiger partial charge in [0.15, 0.2) is 0 Å². The number of tetrazole rings is 1. The van der Waals surface area contributed by atoms with Crippen LogP contribution in [0, 0.1) is 20.8 Å². The van der Waals surface area contributed by atoms with E-state index in [0.29, 0.717) is 12.4 Å². The summed E-state index contributed by atoms with van der Waals surface area (Å²) in [7, 11) is 0. The smallest absolute Gasteiger partial charge is 0.159 e. The van der Waals surface area contributed by atoms with Crippen molar-refractivity contribution < 1.29 is 0 Å². The van der Waals surface area contributed by atoms with Crippen molar-refractivity contribution in [2.24, 2.45) is 0 Å². The topological polar surface area (TPSA) is 43.6 Å². The summed E-state index contributed by atoms with van der Waals surface area (Å²) in [5.74, 6) is 0.665. The van der Waals surface area contributed by atoms with E-state index in [2.05, 4.69) is 48.3 Å². The fourth-order valence-corrected chi connectivity index (χ4v) is 2.61. The van der Waals surface area contributed by atoms with Gasteiger partial charge in [0.05, 0.1) is 6.54 Å². The summed E-state index contributed by atoms with van der Waals surface area (Å²) >= 11 is 0. The number of nitrogens with zero attached hydrogens (tertiary/aromatic N) is 4. The molecule has 2 aromatic carbocycles. The zero-order valence-corrected chi connectivity index (χ0v) is 12.5. The molecule has 0 atom stereocenters. The fourth-order valence-electron chi connectivity index (χ4n) is 2.61. The molecular formula is C17H18N4. The molecule has 3 rings (SSSR count). The van der Waals surface area contributed by atoms with E-state index in [1.165, 1.54) is 22.3 Å². The third kappa shape index (κ3) is 2.84. The number of rotatable bonds is 3. The Morgan fingerprint density at radius 3 is 2.29 bits per heavy atom. The normalized spacial score (nSPS) is 10.8. The third-order valence-corrected chi connectivity index (χ3v) is 3.62. The molecule has 21 heavy (non-hydrogen) atoms. The van der Waals surface area contributed by atoms with E-state index >= 15 is 0 Å². The summed E-state index contributed by atoms with van der Waals surface area (Å²) in [6, 6.07) is 14.3. The average Bonchev–Trinajstić information content (AvgIpc) is 2.92. The molecule has 4 heteroatoms. The van der Waals surface area contributed by atoms with Crippen LogP contribution in [0.4, 0.5) is 0 Å². The first kappa shape index (κ1) is 13.5. The van der Waals surface area contributed by atoms with Gasteiger partial charge in [-0.3, -0.25) is 0 Å². The summed E-state index contributed by atoms with van der Waals surface area (Å²) in [5.41, 5.74) is 6.07. The van der Waals surface area contributed by atoms with Crippen molar-refractivity contribution in [3.8, 4) is 11.4 Å². The molecule has 0 unspecified atom stereocenters. The van der Waals surface area contributed by atoms with Gasteiger partial charge in [-0.15, -0.1) is 10.2 Å². The first-order valence-corrected chi connectivity index (χ1v) is 7.03. The summed E-state index contributed by atoms with van der Waals surface area (Å²) in [4.78, 5) is 1.66. The Kier molecular flexibility index (Phi) is 3.52. The van der Waals surface area contributed by atoms with Gasteiger partial charge < -0.3 is 0 Å². The van der Waals surface area contributed by atoms with Crippen molar-refractivity contribution in [2.75, 3.05) is 0 Å². The number of benzene rings is 2. The van der Waals surface area contributed by atoms with Gasteiger partial charge in [-0.2, -0.15) is 4.80 Å².